The zero-order valence-electron chi connectivity index (χ0n) is 12.4. The van der Waals surface area contributed by atoms with E-state index >= 15 is 0 Å². The van der Waals surface area contributed by atoms with Crippen LogP contribution in [0.3, 0.4) is 0 Å². The van der Waals surface area contributed by atoms with Gasteiger partial charge in [0, 0.05) is 32.7 Å². The molecule has 3 heteroatoms. The molecule has 19 heavy (non-hydrogen) atoms. The van der Waals surface area contributed by atoms with Crippen molar-refractivity contribution >= 4 is 0 Å². The van der Waals surface area contributed by atoms with Crippen molar-refractivity contribution in [1.82, 2.24) is 10.2 Å². The molecule has 1 aromatic carbocycles. The van der Waals surface area contributed by atoms with Gasteiger partial charge in [0.2, 0.25) is 0 Å². The van der Waals surface area contributed by atoms with Crippen LogP contribution < -0.4 is 10.1 Å². The SMILES string of the molecule is COc1cc(C(C)C)ccc1CCN1CCNCC1. The summed E-state index contributed by atoms with van der Waals surface area (Å²) in [4.78, 5) is 2.52. The van der Waals surface area contributed by atoms with Gasteiger partial charge in [-0.25, -0.2) is 0 Å². The van der Waals surface area contributed by atoms with Gasteiger partial charge in [0.05, 0.1) is 7.11 Å². The predicted octanol–water partition coefficient (Wildman–Crippen LogP) is 2.27. The number of piperazine rings is 1. The Labute approximate surface area is 116 Å². The van der Waals surface area contributed by atoms with Crippen molar-refractivity contribution in [2.75, 3.05) is 39.8 Å². The Morgan fingerprint density at radius 1 is 1.26 bits per heavy atom. The van der Waals surface area contributed by atoms with Gasteiger partial charge in [-0.3, -0.25) is 0 Å². The van der Waals surface area contributed by atoms with Gasteiger partial charge in [-0.15, -0.1) is 0 Å². The van der Waals surface area contributed by atoms with E-state index in [4.69, 9.17) is 4.74 Å². The van der Waals surface area contributed by atoms with E-state index in [2.05, 4.69) is 42.3 Å². The average Bonchev–Trinajstić information content (AvgIpc) is 2.45. The molecule has 2 rings (SSSR count). The normalized spacial score (nSPS) is 16.8. The summed E-state index contributed by atoms with van der Waals surface area (Å²) >= 11 is 0. The number of methoxy groups -OCH3 is 1. The molecule has 1 aromatic rings. The van der Waals surface area contributed by atoms with Crippen molar-refractivity contribution in [3.8, 4) is 5.75 Å². The number of benzene rings is 1. The van der Waals surface area contributed by atoms with E-state index in [0.29, 0.717) is 5.92 Å². The highest BCUT2D eigenvalue weighted by atomic mass is 16.5. The fourth-order valence-electron chi connectivity index (χ4n) is 2.54. The summed E-state index contributed by atoms with van der Waals surface area (Å²) in [6.07, 6.45) is 1.07. The van der Waals surface area contributed by atoms with Crippen molar-refractivity contribution < 1.29 is 4.74 Å². The Bertz CT molecular complexity index is 398. The molecular formula is C16H26N2O. The second kappa shape index (κ2) is 6.92. The average molecular weight is 262 g/mol. The summed E-state index contributed by atoms with van der Waals surface area (Å²) in [7, 11) is 1.77. The third kappa shape index (κ3) is 3.95. The van der Waals surface area contributed by atoms with Gasteiger partial charge < -0.3 is 15.0 Å². The highest BCUT2D eigenvalue weighted by molar-refractivity contribution is 5.38. The van der Waals surface area contributed by atoms with E-state index in [-0.39, 0.29) is 0 Å². The second-order valence-corrected chi connectivity index (χ2v) is 5.57. The molecule has 3 nitrogen and oxygen atoms in total. The Morgan fingerprint density at radius 3 is 2.63 bits per heavy atom. The maximum atomic E-state index is 5.55. The van der Waals surface area contributed by atoms with E-state index in [1.54, 1.807) is 7.11 Å². The first-order valence-corrected chi connectivity index (χ1v) is 7.30. The molecule has 0 saturated carbocycles. The molecular weight excluding hydrogens is 236 g/mol. The van der Waals surface area contributed by atoms with Crippen LogP contribution in [-0.4, -0.2) is 44.7 Å². The highest BCUT2D eigenvalue weighted by Crippen LogP contribution is 2.25. The van der Waals surface area contributed by atoms with Crippen LogP contribution in [0.15, 0.2) is 18.2 Å². The number of ether oxygens (including phenoxy) is 1. The van der Waals surface area contributed by atoms with Gasteiger partial charge in [-0.1, -0.05) is 26.0 Å². The monoisotopic (exact) mass is 262 g/mol. The molecule has 1 fully saturated rings. The van der Waals surface area contributed by atoms with Crippen LogP contribution in [-0.2, 0) is 6.42 Å². The predicted molar refractivity (Wildman–Crippen MR) is 80.1 cm³/mol. The lowest BCUT2D eigenvalue weighted by Crippen LogP contribution is -2.44. The van der Waals surface area contributed by atoms with E-state index in [1.807, 2.05) is 0 Å². The van der Waals surface area contributed by atoms with Gasteiger partial charge >= 0.3 is 0 Å². The molecule has 1 N–H and O–H groups in total. The van der Waals surface area contributed by atoms with Crippen LogP contribution in [0, 0.1) is 0 Å². The van der Waals surface area contributed by atoms with E-state index in [0.717, 1.165) is 44.9 Å². The van der Waals surface area contributed by atoms with Gasteiger partial charge in [-0.2, -0.15) is 0 Å². The minimum atomic E-state index is 0.552. The molecule has 1 aliphatic rings. The molecule has 0 radical (unpaired) electrons. The minimum Gasteiger partial charge on any atom is -0.496 e. The van der Waals surface area contributed by atoms with Crippen LogP contribution in [0.2, 0.25) is 0 Å². The quantitative estimate of drug-likeness (QED) is 0.881. The number of nitrogens with zero attached hydrogens (tertiary/aromatic N) is 1. The third-order valence-electron chi connectivity index (χ3n) is 3.88. The summed E-state index contributed by atoms with van der Waals surface area (Å²) < 4.78 is 5.55. The molecule has 0 spiro atoms. The fraction of sp³-hybridized carbons (Fsp3) is 0.625. The van der Waals surface area contributed by atoms with Crippen LogP contribution >= 0.6 is 0 Å². The molecule has 0 unspecified atom stereocenters. The molecule has 1 heterocycles. The van der Waals surface area contributed by atoms with Crippen molar-refractivity contribution in [1.29, 1.82) is 0 Å². The van der Waals surface area contributed by atoms with Crippen molar-refractivity contribution in [2.24, 2.45) is 0 Å². The Kier molecular flexibility index (Phi) is 5.23. The second-order valence-electron chi connectivity index (χ2n) is 5.57. The minimum absolute atomic E-state index is 0.552. The summed E-state index contributed by atoms with van der Waals surface area (Å²) in [5.41, 5.74) is 2.67. The Balaban J connectivity index is 1.98. The fourth-order valence-corrected chi connectivity index (χ4v) is 2.54. The van der Waals surface area contributed by atoms with Gasteiger partial charge in [0.1, 0.15) is 5.75 Å². The first-order chi connectivity index (χ1) is 9.20. The van der Waals surface area contributed by atoms with E-state index < -0.39 is 0 Å². The maximum Gasteiger partial charge on any atom is 0.122 e. The molecule has 0 aromatic heterocycles. The Hall–Kier alpha value is -1.06. The molecule has 0 atom stereocenters. The zero-order chi connectivity index (χ0) is 13.7. The van der Waals surface area contributed by atoms with Gasteiger partial charge in [-0.05, 0) is 29.5 Å². The maximum absolute atomic E-state index is 5.55. The van der Waals surface area contributed by atoms with Crippen molar-refractivity contribution in [3.05, 3.63) is 29.3 Å². The first kappa shape index (κ1) is 14.4. The number of nitrogens with one attached hydrogen (secondary N) is 1. The smallest absolute Gasteiger partial charge is 0.122 e. The van der Waals surface area contributed by atoms with Crippen molar-refractivity contribution in [3.63, 3.8) is 0 Å². The molecule has 0 aliphatic carbocycles. The van der Waals surface area contributed by atoms with E-state index in [9.17, 15) is 0 Å². The van der Waals surface area contributed by atoms with Gasteiger partial charge in [0.15, 0.2) is 0 Å². The lowest BCUT2D eigenvalue weighted by atomic mass is 9.99. The highest BCUT2D eigenvalue weighted by Gasteiger charge is 2.11. The zero-order valence-corrected chi connectivity index (χ0v) is 12.4. The van der Waals surface area contributed by atoms with E-state index in [1.165, 1.54) is 11.1 Å². The standard InChI is InChI=1S/C16H26N2O/c1-13(2)15-5-4-14(16(12-15)19-3)6-9-18-10-7-17-8-11-18/h4-5,12-13,17H,6-11H2,1-3H3. The number of rotatable bonds is 5. The lowest BCUT2D eigenvalue weighted by molar-refractivity contribution is 0.243. The number of hydrogen-bond donors (Lipinski definition) is 1. The van der Waals surface area contributed by atoms with Crippen LogP contribution in [0.5, 0.6) is 5.75 Å². The van der Waals surface area contributed by atoms with Gasteiger partial charge in [0.25, 0.3) is 0 Å². The molecule has 106 valence electrons. The number of hydrogen-bond acceptors (Lipinski definition) is 3. The van der Waals surface area contributed by atoms with Crippen molar-refractivity contribution in [2.45, 2.75) is 26.2 Å². The van der Waals surface area contributed by atoms with Crippen LogP contribution in [0.25, 0.3) is 0 Å². The lowest BCUT2D eigenvalue weighted by Gasteiger charge is -2.27. The van der Waals surface area contributed by atoms with Crippen LogP contribution in [0.1, 0.15) is 30.9 Å². The molecule has 1 aliphatic heterocycles. The summed E-state index contributed by atoms with van der Waals surface area (Å²) in [6, 6.07) is 6.66. The molecule has 1 saturated heterocycles. The largest absolute Gasteiger partial charge is 0.496 e. The Morgan fingerprint density at radius 2 is 2.00 bits per heavy atom. The topological polar surface area (TPSA) is 24.5 Å². The molecule has 0 bridgehead atoms. The summed E-state index contributed by atoms with van der Waals surface area (Å²) in [6.45, 7) is 10.1. The molecule has 0 amide bonds. The van der Waals surface area contributed by atoms with Crippen LogP contribution in [0.4, 0.5) is 0 Å². The first-order valence-electron chi connectivity index (χ1n) is 7.30. The third-order valence-corrected chi connectivity index (χ3v) is 3.88. The summed E-state index contributed by atoms with van der Waals surface area (Å²) in [5.74, 6) is 1.59. The summed E-state index contributed by atoms with van der Waals surface area (Å²) in [5, 5.41) is 3.39.